The Kier molecular flexibility index (Phi) is 10.7. The van der Waals surface area contributed by atoms with E-state index in [0.29, 0.717) is 17.5 Å². The highest BCUT2D eigenvalue weighted by Crippen LogP contribution is 2.43. The summed E-state index contributed by atoms with van der Waals surface area (Å²) in [6, 6.07) is 25.6. The first-order valence-corrected chi connectivity index (χ1v) is 15.5. The number of rotatable bonds is 12. The maximum absolute atomic E-state index is 11.9. The highest BCUT2D eigenvalue weighted by molar-refractivity contribution is 7.99. The second kappa shape index (κ2) is 15.1. The molecular weight excluding hydrogens is 578 g/mol. The van der Waals surface area contributed by atoms with Crippen molar-refractivity contribution in [1.82, 2.24) is 15.3 Å². The van der Waals surface area contributed by atoms with Crippen LogP contribution in [0.3, 0.4) is 0 Å². The van der Waals surface area contributed by atoms with Gasteiger partial charge in [0.1, 0.15) is 0 Å². The van der Waals surface area contributed by atoms with Gasteiger partial charge in [-0.05, 0) is 39.9 Å². The third kappa shape index (κ3) is 8.29. The minimum Gasteiger partial charge on any atom is -0.481 e. The Morgan fingerprint density at radius 3 is 2.30 bits per heavy atom. The van der Waals surface area contributed by atoms with E-state index in [1.807, 2.05) is 72.8 Å². The number of aliphatic carboxylic acids is 1. The first-order chi connectivity index (χ1) is 21.4. The molecule has 228 valence electrons. The van der Waals surface area contributed by atoms with Crippen molar-refractivity contribution in [2.45, 2.75) is 56.6 Å². The number of aliphatic hydroxyl groups excluding tert-OH is 1. The van der Waals surface area contributed by atoms with Crippen LogP contribution in [0.1, 0.15) is 54.4 Å². The van der Waals surface area contributed by atoms with E-state index in [1.165, 1.54) is 0 Å². The SMILES string of the molecule is C[C@H]1[C@@H](CSc2ncccn2)O[C@@H](c2ccc(-c3cccc(CNC(=O)CCC(=O)O)c3)cc2)O[C@H]1c1ccc(CO)cc1. The van der Waals surface area contributed by atoms with E-state index in [9.17, 15) is 14.7 Å². The largest absolute Gasteiger partial charge is 0.481 e. The number of hydrogen-bond donors (Lipinski definition) is 3. The quantitative estimate of drug-likeness (QED) is 0.136. The Bertz CT molecular complexity index is 1540. The summed E-state index contributed by atoms with van der Waals surface area (Å²) in [6.07, 6.45) is 2.29. The molecule has 1 saturated heterocycles. The van der Waals surface area contributed by atoms with E-state index in [1.54, 1.807) is 30.2 Å². The van der Waals surface area contributed by atoms with Crippen LogP contribution in [0.2, 0.25) is 0 Å². The molecule has 4 aromatic rings. The van der Waals surface area contributed by atoms with E-state index in [4.69, 9.17) is 14.6 Å². The Labute approximate surface area is 260 Å². The number of carboxylic acids is 1. The number of aliphatic hydroxyl groups is 1. The molecule has 0 bridgehead atoms. The van der Waals surface area contributed by atoms with Gasteiger partial charge in [0.25, 0.3) is 0 Å². The van der Waals surface area contributed by atoms with Gasteiger partial charge >= 0.3 is 5.97 Å². The standard InChI is InChI=1S/C34H35N3O6S/c1-22-29(21-44-34-35-16-3-17-36-34)42-33(43-32(22)26-8-6-23(20-38)7-9-26)27-12-10-25(11-13-27)28-5-2-4-24(18-28)19-37-30(39)14-15-31(40)41/h2-13,16-18,22,29,32-33,38H,14-15,19-21H2,1H3,(H,37,39)(H,40,41)/t22-,29+,32+,33+/m0/s1. The van der Waals surface area contributed by atoms with Crippen LogP contribution in [0.4, 0.5) is 0 Å². The van der Waals surface area contributed by atoms with Gasteiger partial charge in [-0.15, -0.1) is 0 Å². The fourth-order valence-corrected chi connectivity index (χ4v) is 6.00. The molecule has 1 aromatic heterocycles. The second-order valence-corrected chi connectivity index (χ2v) is 11.6. The van der Waals surface area contributed by atoms with Crippen LogP contribution in [-0.2, 0) is 32.2 Å². The van der Waals surface area contributed by atoms with Crippen LogP contribution in [0, 0.1) is 5.92 Å². The summed E-state index contributed by atoms with van der Waals surface area (Å²) in [4.78, 5) is 31.3. The van der Waals surface area contributed by atoms with Crippen LogP contribution in [0.15, 0.2) is 96.4 Å². The molecule has 0 saturated carbocycles. The Balaban J connectivity index is 1.31. The van der Waals surface area contributed by atoms with Crippen molar-refractivity contribution >= 4 is 23.6 Å². The first-order valence-electron chi connectivity index (χ1n) is 14.5. The zero-order valence-electron chi connectivity index (χ0n) is 24.3. The Morgan fingerprint density at radius 2 is 1.59 bits per heavy atom. The lowest BCUT2D eigenvalue weighted by molar-refractivity contribution is -0.268. The fraction of sp³-hybridized carbons (Fsp3) is 0.294. The number of carbonyl (C=O) groups is 2. The molecule has 4 atom stereocenters. The number of nitrogens with one attached hydrogen (secondary N) is 1. The van der Waals surface area contributed by atoms with Gasteiger partial charge in [0.15, 0.2) is 11.4 Å². The van der Waals surface area contributed by atoms with Crippen molar-refractivity contribution < 1.29 is 29.3 Å². The van der Waals surface area contributed by atoms with E-state index in [-0.39, 0.29) is 43.5 Å². The Morgan fingerprint density at radius 1 is 0.864 bits per heavy atom. The van der Waals surface area contributed by atoms with Crippen molar-refractivity contribution in [3.05, 3.63) is 114 Å². The minimum absolute atomic E-state index is 0.0138. The number of nitrogens with zero attached hydrogens (tertiary/aromatic N) is 2. The van der Waals surface area contributed by atoms with Gasteiger partial charge in [-0.2, -0.15) is 0 Å². The number of hydrogen-bond acceptors (Lipinski definition) is 8. The van der Waals surface area contributed by atoms with E-state index < -0.39 is 12.3 Å². The highest BCUT2D eigenvalue weighted by Gasteiger charge is 2.38. The van der Waals surface area contributed by atoms with E-state index in [2.05, 4.69) is 22.2 Å². The first kappa shape index (κ1) is 31.3. The van der Waals surface area contributed by atoms with Crippen molar-refractivity contribution in [3.63, 3.8) is 0 Å². The van der Waals surface area contributed by atoms with Crippen LogP contribution >= 0.6 is 11.8 Å². The van der Waals surface area contributed by atoms with Crippen LogP contribution < -0.4 is 5.32 Å². The average Bonchev–Trinajstić information content (AvgIpc) is 3.06. The average molecular weight is 614 g/mol. The molecule has 2 heterocycles. The van der Waals surface area contributed by atoms with Crippen molar-refractivity contribution in [3.8, 4) is 11.1 Å². The second-order valence-electron chi connectivity index (χ2n) is 10.7. The number of carbonyl (C=O) groups excluding carboxylic acids is 1. The molecule has 1 fully saturated rings. The zero-order valence-corrected chi connectivity index (χ0v) is 25.2. The van der Waals surface area contributed by atoms with Crippen LogP contribution in [-0.4, -0.2) is 43.9 Å². The van der Waals surface area contributed by atoms with Gasteiger partial charge in [-0.3, -0.25) is 9.59 Å². The molecule has 44 heavy (non-hydrogen) atoms. The van der Waals surface area contributed by atoms with Gasteiger partial charge in [0, 0.05) is 42.6 Å². The normalized spacial score (nSPS) is 19.8. The summed E-state index contributed by atoms with van der Waals surface area (Å²) < 4.78 is 13.1. The third-order valence-corrected chi connectivity index (χ3v) is 8.51. The molecule has 9 nitrogen and oxygen atoms in total. The predicted molar refractivity (Wildman–Crippen MR) is 166 cm³/mol. The number of aromatic nitrogens is 2. The number of carboxylic acid groups (broad SMARTS) is 1. The lowest BCUT2D eigenvalue weighted by atomic mass is 9.91. The summed E-state index contributed by atoms with van der Waals surface area (Å²) in [5.74, 6) is -0.574. The number of amides is 1. The summed E-state index contributed by atoms with van der Waals surface area (Å²) in [5.41, 5.74) is 5.68. The van der Waals surface area contributed by atoms with Gasteiger partial charge in [-0.25, -0.2) is 9.97 Å². The summed E-state index contributed by atoms with van der Waals surface area (Å²) in [7, 11) is 0. The zero-order chi connectivity index (χ0) is 30.9. The molecule has 0 aliphatic carbocycles. The van der Waals surface area contributed by atoms with Gasteiger partial charge in [0.05, 0.1) is 25.2 Å². The van der Waals surface area contributed by atoms with Gasteiger partial charge in [0.2, 0.25) is 5.91 Å². The lowest BCUT2D eigenvalue weighted by Gasteiger charge is -2.41. The maximum atomic E-state index is 11.9. The highest BCUT2D eigenvalue weighted by atomic mass is 32.2. The molecule has 1 aliphatic heterocycles. The summed E-state index contributed by atoms with van der Waals surface area (Å²) in [6.45, 7) is 2.43. The molecular formula is C34H35N3O6S. The number of benzene rings is 3. The molecule has 10 heteroatoms. The molecule has 3 aromatic carbocycles. The van der Waals surface area contributed by atoms with E-state index in [0.717, 1.165) is 33.4 Å². The molecule has 3 N–H and O–H groups in total. The van der Waals surface area contributed by atoms with Crippen molar-refractivity contribution in [1.29, 1.82) is 0 Å². The van der Waals surface area contributed by atoms with Gasteiger partial charge < -0.3 is 25.0 Å². The Hall–Kier alpha value is -4.09. The molecule has 1 amide bonds. The number of thioether (sulfide) groups is 1. The van der Waals surface area contributed by atoms with Crippen molar-refractivity contribution in [2.24, 2.45) is 5.92 Å². The minimum atomic E-state index is -0.993. The summed E-state index contributed by atoms with van der Waals surface area (Å²) >= 11 is 1.55. The van der Waals surface area contributed by atoms with E-state index >= 15 is 0 Å². The molecule has 0 spiro atoms. The smallest absolute Gasteiger partial charge is 0.303 e. The maximum Gasteiger partial charge on any atom is 0.303 e. The topological polar surface area (TPSA) is 131 Å². The molecule has 5 rings (SSSR count). The van der Waals surface area contributed by atoms with Crippen molar-refractivity contribution in [2.75, 3.05) is 5.75 Å². The molecule has 0 unspecified atom stereocenters. The van der Waals surface area contributed by atoms with Crippen LogP contribution in [0.25, 0.3) is 11.1 Å². The van der Waals surface area contributed by atoms with Crippen LogP contribution in [0.5, 0.6) is 0 Å². The monoisotopic (exact) mass is 613 g/mol. The predicted octanol–water partition coefficient (Wildman–Crippen LogP) is 5.70. The van der Waals surface area contributed by atoms with Gasteiger partial charge in [-0.1, -0.05) is 85.4 Å². The summed E-state index contributed by atoms with van der Waals surface area (Å²) in [5, 5.41) is 21.8. The lowest BCUT2D eigenvalue weighted by Crippen LogP contribution is -2.38. The molecule has 1 aliphatic rings. The molecule has 0 radical (unpaired) electrons. The fourth-order valence-electron chi connectivity index (χ4n) is 5.03. The number of ether oxygens (including phenoxy) is 2. The third-order valence-electron chi connectivity index (χ3n) is 7.54.